The van der Waals surface area contributed by atoms with Crippen molar-refractivity contribution in [1.29, 1.82) is 0 Å². The fourth-order valence-electron chi connectivity index (χ4n) is 5.18. The van der Waals surface area contributed by atoms with Gasteiger partial charge in [0.25, 0.3) is 0 Å². The van der Waals surface area contributed by atoms with Crippen LogP contribution in [-0.4, -0.2) is 73.4 Å². The van der Waals surface area contributed by atoms with Crippen molar-refractivity contribution in [3.05, 3.63) is 36.5 Å². The molecule has 0 aromatic carbocycles. The highest BCUT2D eigenvalue weighted by Gasteiger charge is 2.27. The second kappa shape index (κ2) is 31.7. The summed E-state index contributed by atoms with van der Waals surface area (Å²) in [5, 5.41) is 13.7. The first kappa shape index (κ1) is 46.7. The summed E-state index contributed by atoms with van der Waals surface area (Å²) in [6, 6.07) is -0.873. The third-order valence-corrected chi connectivity index (χ3v) is 9.32. The number of phosphoric ester groups is 1. The van der Waals surface area contributed by atoms with E-state index < -0.39 is 20.0 Å². The van der Waals surface area contributed by atoms with Crippen molar-refractivity contribution in [2.45, 2.75) is 167 Å². The first-order valence-corrected chi connectivity index (χ1v) is 20.9. The van der Waals surface area contributed by atoms with Crippen molar-refractivity contribution >= 4 is 13.7 Å². The number of aliphatic hydroxyl groups excluding tert-OH is 1. The Morgan fingerprint density at radius 3 is 1.69 bits per heavy atom. The van der Waals surface area contributed by atoms with Gasteiger partial charge in [-0.3, -0.25) is 13.8 Å². The molecular weight excluding hydrogens is 623 g/mol. The predicted octanol–water partition coefficient (Wildman–Crippen LogP) is 9.96. The second-order valence-electron chi connectivity index (χ2n) is 14.3. The SMILES string of the molecule is CCCCCC/C=C\CCCC(=O)NC(COP(=O)(O)OCC[N+](C)(C)C)C(O)/C=C/CC/C=C/CCCCCCCCCCCCC. The lowest BCUT2D eigenvalue weighted by Gasteiger charge is -2.25. The van der Waals surface area contributed by atoms with Crippen molar-refractivity contribution in [2.24, 2.45) is 0 Å². The van der Waals surface area contributed by atoms with Gasteiger partial charge in [0.1, 0.15) is 13.2 Å². The van der Waals surface area contributed by atoms with Gasteiger partial charge in [0, 0.05) is 6.42 Å². The summed E-state index contributed by atoms with van der Waals surface area (Å²) in [6.45, 7) is 4.71. The molecule has 48 heavy (non-hydrogen) atoms. The Kier molecular flexibility index (Phi) is 30.8. The van der Waals surface area contributed by atoms with Crippen molar-refractivity contribution in [2.75, 3.05) is 40.9 Å². The summed E-state index contributed by atoms with van der Waals surface area (Å²) < 4.78 is 23.4. The van der Waals surface area contributed by atoms with E-state index >= 15 is 0 Å². The van der Waals surface area contributed by atoms with Crippen LogP contribution in [0.3, 0.4) is 0 Å². The van der Waals surface area contributed by atoms with Gasteiger partial charge in [0.15, 0.2) is 0 Å². The molecule has 8 nitrogen and oxygen atoms in total. The summed E-state index contributed by atoms with van der Waals surface area (Å²) >= 11 is 0. The third-order valence-electron chi connectivity index (χ3n) is 8.33. The molecule has 0 aliphatic rings. The number of carbonyl (C=O) groups excluding carboxylic acids is 1. The molecule has 3 unspecified atom stereocenters. The fraction of sp³-hybridized carbons (Fsp3) is 0.821. The number of allylic oxidation sites excluding steroid dienone is 5. The molecule has 0 spiro atoms. The number of aliphatic hydroxyl groups is 1. The van der Waals surface area contributed by atoms with Crippen molar-refractivity contribution < 1.29 is 32.9 Å². The van der Waals surface area contributed by atoms with Crippen LogP contribution in [-0.2, 0) is 18.4 Å². The number of amides is 1. The van der Waals surface area contributed by atoms with E-state index in [1.807, 2.05) is 27.2 Å². The second-order valence-corrected chi connectivity index (χ2v) is 15.7. The first-order valence-electron chi connectivity index (χ1n) is 19.4. The van der Waals surface area contributed by atoms with Gasteiger partial charge in [0.2, 0.25) is 5.91 Å². The molecule has 0 aliphatic heterocycles. The van der Waals surface area contributed by atoms with Crippen LogP contribution in [0.4, 0.5) is 0 Å². The molecule has 3 atom stereocenters. The summed E-state index contributed by atoms with van der Waals surface area (Å²) in [5.74, 6) is -0.225. The van der Waals surface area contributed by atoms with Gasteiger partial charge in [0.05, 0.1) is 39.9 Å². The molecule has 0 aromatic rings. The molecule has 0 aromatic heterocycles. The van der Waals surface area contributed by atoms with Crippen LogP contribution < -0.4 is 5.32 Å². The summed E-state index contributed by atoms with van der Waals surface area (Å²) in [6.07, 6.45) is 36.6. The Bertz CT molecular complexity index is 886. The number of nitrogens with one attached hydrogen (secondary N) is 1. The predicted molar refractivity (Wildman–Crippen MR) is 203 cm³/mol. The molecule has 0 saturated heterocycles. The van der Waals surface area contributed by atoms with E-state index in [2.05, 4.69) is 43.5 Å². The number of quaternary nitrogens is 1. The molecule has 0 aliphatic carbocycles. The standard InChI is InChI=1S/C39H75N2O6P/c1-6-8-10-12-14-16-17-18-19-20-21-22-23-25-26-28-30-32-38(42)37(36-47-48(44,45)46-35-34-41(3,4)5)40-39(43)33-31-29-27-24-15-13-11-9-7-2/h23-25,27,30,32,37-38,42H,6-22,26,28-29,31,33-36H2,1-5H3,(H-,40,43,44,45)/p+1/b25-23+,27-24-,32-30+. The number of carbonyl (C=O) groups is 1. The lowest BCUT2D eigenvalue weighted by molar-refractivity contribution is -0.870. The van der Waals surface area contributed by atoms with E-state index in [9.17, 15) is 19.4 Å². The molecule has 3 N–H and O–H groups in total. The van der Waals surface area contributed by atoms with Crippen molar-refractivity contribution in [3.63, 3.8) is 0 Å². The Hall–Kier alpha value is -1.28. The first-order chi connectivity index (χ1) is 23.0. The van der Waals surface area contributed by atoms with Gasteiger partial charge in [-0.2, -0.15) is 0 Å². The molecule has 0 fully saturated rings. The largest absolute Gasteiger partial charge is 0.472 e. The monoisotopic (exact) mass is 700 g/mol. The number of hydrogen-bond donors (Lipinski definition) is 3. The Morgan fingerprint density at radius 2 is 1.15 bits per heavy atom. The number of rotatable bonds is 34. The highest BCUT2D eigenvalue weighted by atomic mass is 31.2. The van der Waals surface area contributed by atoms with Crippen LogP contribution in [0.1, 0.15) is 155 Å². The Balaban J connectivity index is 4.57. The maximum atomic E-state index is 12.7. The summed E-state index contributed by atoms with van der Waals surface area (Å²) in [7, 11) is 1.53. The molecule has 1 amide bonds. The highest BCUT2D eigenvalue weighted by molar-refractivity contribution is 7.47. The van der Waals surface area contributed by atoms with Crippen molar-refractivity contribution in [3.8, 4) is 0 Å². The van der Waals surface area contributed by atoms with Gasteiger partial charge in [-0.25, -0.2) is 4.57 Å². The summed E-state index contributed by atoms with van der Waals surface area (Å²) in [5.41, 5.74) is 0. The van der Waals surface area contributed by atoms with Crippen LogP contribution in [0.5, 0.6) is 0 Å². The minimum atomic E-state index is -4.34. The van der Waals surface area contributed by atoms with E-state index in [1.54, 1.807) is 6.08 Å². The van der Waals surface area contributed by atoms with E-state index in [0.717, 1.165) is 32.1 Å². The molecule has 0 heterocycles. The zero-order chi connectivity index (χ0) is 35.8. The maximum absolute atomic E-state index is 12.7. The lowest BCUT2D eigenvalue weighted by Crippen LogP contribution is -2.45. The molecule has 0 bridgehead atoms. The molecule has 0 radical (unpaired) electrons. The molecule has 9 heteroatoms. The van der Waals surface area contributed by atoms with Crippen LogP contribution in [0.25, 0.3) is 0 Å². The highest BCUT2D eigenvalue weighted by Crippen LogP contribution is 2.43. The minimum Gasteiger partial charge on any atom is -0.387 e. The van der Waals surface area contributed by atoms with Gasteiger partial charge in [-0.15, -0.1) is 0 Å². The zero-order valence-electron chi connectivity index (χ0n) is 31.7. The topological polar surface area (TPSA) is 105 Å². The zero-order valence-corrected chi connectivity index (χ0v) is 32.6. The van der Waals surface area contributed by atoms with Crippen LogP contribution in [0.15, 0.2) is 36.5 Å². The lowest BCUT2D eigenvalue weighted by atomic mass is 10.1. The van der Waals surface area contributed by atoms with E-state index in [0.29, 0.717) is 23.9 Å². The Morgan fingerprint density at radius 1 is 0.688 bits per heavy atom. The molecule has 0 saturated carbocycles. The maximum Gasteiger partial charge on any atom is 0.472 e. The van der Waals surface area contributed by atoms with Gasteiger partial charge in [-0.05, 0) is 51.4 Å². The van der Waals surface area contributed by atoms with Gasteiger partial charge < -0.3 is 19.8 Å². The van der Waals surface area contributed by atoms with Gasteiger partial charge in [-0.1, -0.05) is 134 Å². The van der Waals surface area contributed by atoms with Crippen LogP contribution in [0.2, 0.25) is 0 Å². The average Bonchev–Trinajstić information content (AvgIpc) is 3.02. The molecular formula is C39H76N2O6P+. The minimum absolute atomic E-state index is 0.0512. The molecule has 282 valence electrons. The quantitative estimate of drug-likeness (QED) is 0.0267. The number of hydrogen-bond acceptors (Lipinski definition) is 5. The number of likely N-dealkylation sites (N-methyl/N-ethyl adjacent to an activating group) is 1. The Labute approximate surface area is 296 Å². The fourth-order valence-corrected chi connectivity index (χ4v) is 5.91. The van der Waals surface area contributed by atoms with Crippen LogP contribution >= 0.6 is 7.82 Å². The number of phosphoric acid groups is 1. The van der Waals surface area contributed by atoms with E-state index in [1.165, 1.54) is 96.3 Å². The molecule has 0 rings (SSSR count). The average molecular weight is 700 g/mol. The van der Waals surface area contributed by atoms with E-state index in [4.69, 9.17) is 9.05 Å². The smallest absolute Gasteiger partial charge is 0.387 e. The van der Waals surface area contributed by atoms with Crippen molar-refractivity contribution in [1.82, 2.24) is 5.32 Å². The number of nitrogens with zero attached hydrogens (tertiary/aromatic N) is 1. The normalized spacial score (nSPS) is 15.1. The summed E-state index contributed by atoms with van der Waals surface area (Å²) in [4.78, 5) is 22.9. The third kappa shape index (κ3) is 33.2. The van der Waals surface area contributed by atoms with Gasteiger partial charge >= 0.3 is 7.82 Å². The van der Waals surface area contributed by atoms with Crippen LogP contribution in [0, 0.1) is 0 Å². The van der Waals surface area contributed by atoms with E-state index in [-0.39, 0.29) is 19.1 Å². The number of unbranched alkanes of at least 4 members (excludes halogenated alkanes) is 17.